The molecule has 4 nitrogen and oxygen atoms in total. The van der Waals surface area contributed by atoms with Crippen molar-refractivity contribution < 1.29 is 13.9 Å². The zero-order valence-corrected chi connectivity index (χ0v) is 16.5. The third-order valence-corrected chi connectivity index (χ3v) is 5.98. The van der Waals surface area contributed by atoms with Gasteiger partial charge in [-0.05, 0) is 29.6 Å². The molecule has 2 aromatic carbocycles. The fourth-order valence-corrected chi connectivity index (χ4v) is 4.48. The van der Waals surface area contributed by atoms with E-state index in [1.54, 1.807) is 23.9 Å². The van der Waals surface area contributed by atoms with Crippen molar-refractivity contribution in [1.29, 1.82) is 0 Å². The maximum absolute atomic E-state index is 13.9. The largest absolute Gasteiger partial charge is 0.472 e. The number of hydrogen-bond acceptors (Lipinski definition) is 4. The number of amides is 1. The van der Waals surface area contributed by atoms with Gasteiger partial charge in [-0.2, -0.15) is 0 Å². The summed E-state index contributed by atoms with van der Waals surface area (Å²) in [5.41, 5.74) is 2.78. The van der Waals surface area contributed by atoms with Crippen molar-refractivity contribution in [2.75, 3.05) is 0 Å². The highest BCUT2D eigenvalue weighted by molar-refractivity contribution is 7.09. The molecule has 0 N–H and O–H groups in total. The van der Waals surface area contributed by atoms with E-state index in [4.69, 9.17) is 9.15 Å². The van der Waals surface area contributed by atoms with E-state index < -0.39 is 5.92 Å². The van der Waals surface area contributed by atoms with Crippen LogP contribution in [-0.2, 0) is 17.9 Å². The van der Waals surface area contributed by atoms with Crippen molar-refractivity contribution in [2.45, 2.75) is 19.0 Å². The van der Waals surface area contributed by atoms with Gasteiger partial charge in [-0.25, -0.2) is 0 Å². The lowest BCUT2D eigenvalue weighted by molar-refractivity contribution is -0.133. The zero-order valence-electron chi connectivity index (χ0n) is 15.7. The van der Waals surface area contributed by atoms with E-state index in [0.29, 0.717) is 13.1 Å². The van der Waals surface area contributed by atoms with Gasteiger partial charge in [0.1, 0.15) is 11.5 Å². The van der Waals surface area contributed by atoms with E-state index in [-0.39, 0.29) is 5.91 Å². The van der Waals surface area contributed by atoms with Gasteiger partial charge in [0.05, 0.1) is 25.0 Å². The van der Waals surface area contributed by atoms with E-state index in [0.717, 1.165) is 33.1 Å². The van der Waals surface area contributed by atoms with Crippen LogP contribution in [0.25, 0.3) is 0 Å². The molecule has 5 heteroatoms. The van der Waals surface area contributed by atoms with Gasteiger partial charge in [0.2, 0.25) is 5.91 Å². The number of ether oxygens (including phenoxy) is 1. The average Bonchev–Trinajstić information content (AvgIpc) is 3.45. The fourth-order valence-electron chi connectivity index (χ4n) is 3.76. The first-order chi connectivity index (χ1) is 14.3. The molecule has 1 aliphatic rings. The first-order valence-corrected chi connectivity index (χ1v) is 10.4. The van der Waals surface area contributed by atoms with Crippen molar-refractivity contribution in [3.05, 3.63) is 106 Å². The fraction of sp³-hybridized carbons (Fsp3) is 0.125. The van der Waals surface area contributed by atoms with E-state index in [9.17, 15) is 4.79 Å². The second-order valence-electron chi connectivity index (χ2n) is 7.02. The highest BCUT2D eigenvalue weighted by Gasteiger charge is 2.35. The Hall–Kier alpha value is -3.31. The van der Waals surface area contributed by atoms with Crippen LogP contribution in [0.2, 0.25) is 0 Å². The Morgan fingerprint density at radius 3 is 2.24 bits per heavy atom. The van der Waals surface area contributed by atoms with Gasteiger partial charge >= 0.3 is 0 Å². The SMILES string of the molecule is O=C(C1c2ccccc2Oc2ccccc21)N(Cc1ccoc1)Cc1cccs1. The van der Waals surface area contributed by atoms with Crippen molar-refractivity contribution in [3.8, 4) is 11.5 Å². The molecule has 0 spiro atoms. The van der Waals surface area contributed by atoms with Crippen LogP contribution in [0.15, 0.2) is 89.1 Å². The summed E-state index contributed by atoms with van der Waals surface area (Å²) in [7, 11) is 0. The Morgan fingerprint density at radius 2 is 1.62 bits per heavy atom. The molecule has 0 bridgehead atoms. The van der Waals surface area contributed by atoms with E-state index in [1.807, 2.05) is 70.9 Å². The van der Waals surface area contributed by atoms with Crippen LogP contribution in [0.3, 0.4) is 0 Å². The molecule has 4 aromatic rings. The Kier molecular flexibility index (Phi) is 4.66. The molecular formula is C24H19NO3S. The van der Waals surface area contributed by atoms with E-state index in [1.165, 1.54) is 0 Å². The van der Waals surface area contributed by atoms with Gasteiger partial charge in [0.15, 0.2) is 0 Å². The monoisotopic (exact) mass is 401 g/mol. The van der Waals surface area contributed by atoms with E-state index >= 15 is 0 Å². The van der Waals surface area contributed by atoms with Gasteiger partial charge < -0.3 is 14.1 Å². The molecule has 1 aliphatic heterocycles. The van der Waals surface area contributed by atoms with Gasteiger partial charge in [-0.15, -0.1) is 11.3 Å². The Balaban J connectivity index is 1.56. The van der Waals surface area contributed by atoms with Gasteiger partial charge in [-0.3, -0.25) is 4.79 Å². The summed E-state index contributed by atoms with van der Waals surface area (Å²) in [6, 6.07) is 21.6. The summed E-state index contributed by atoms with van der Waals surface area (Å²) in [5, 5.41) is 2.04. The lowest BCUT2D eigenvalue weighted by Gasteiger charge is -2.32. The molecule has 0 fully saturated rings. The second kappa shape index (κ2) is 7.60. The molecule has 0 radical (unpaired) electrons. The molecular weight excluding hydrogens is 382 g/mol. The predicted molar refractivity (Wildman–Crippen MR) is 112 cm³/mol. The number of fused-ring (bicyclic) bond motifs is 2. The van der Waals surface area contributed by atoms with Crippen molar-refractivity contribution in [1.82, 2.24) is 4.90 Å². The third kappa shape index (κ3) is 3.45. The number of para-hydroxylation sites is 2. The van der Waals surface area contributed by atoms with Crippen LogP contribution in [0.4, 0.5) is 0 Å². The van der Waals surface area contributed by atoms with Crippen molar-refractivity contribution >= 4 is 17.2 Å². The maximum Gasteiger partial charge on any atom is 0.235 e. The number of carbonyl (C=O) groups excluding carboxylic acids is 1. The standard InChI is InChI=1S/C24H19NO3S/c26-24(25(14-17-11-12-27-16-17)15-18-6-5-13-29-18)23-19-7-1-3-9-21(19)28-22-10-4-2-8-20(22)23/h1-13,16,23H,14-15H2. The average molecular weight is 401 g/mol. The molecule has 144 valence electrons. The molecule has 0 aliphatic carbocycles. The van der Waals surface area contributed by atoms with Crippen LogP contribution in [0, 0.1) is 0 Å². The smallest absolute Gasteiger partial charge is 0.235 e. The molecule has 5 rings (SSSR count). The summed E-state index contributed by atoms with van der Waals surface area (Å²) in [4.78, 5) is 17.0. The number of benzene rings is 2. The van der Waals surface area contributed by atoms with Gasteiger partial charge in [0.25, 0.3) is 0 Å². The van der Waals surface area contributed by atoms with Crippen LogP contribution in [0.1, 0.15) is 27.5 Å². The Labute approximate surface area is 173 Å². The van der Waals surface area contributed by atoms with Gasteiger partial charge in [0, 0.05) is 28.1 Å². The molecule has 0 saturated carbocycles. The lowest BCUT2D eigenvalue weighted by Crippen LogP contribution is -2.35. The summed E-state index contributed by atoms with van der Waals surface area (Å²) in [6.07, 6.45) is 3.34. The van der Waals surface area contributed by atoms with Crippen LogP contribution in [-0.4, -0.2) is 10.8 Å². The predicted octanol–water partition coefficient (Wildman–Crippen LogP) is 5.81. The van der Waals surface area contributed by atoms with Crippen LogP contribution >= 0.6 is 11.3 Å². The minimum Gasteiger partial charge on any atom is -0.472 e. The summed E-state index contributed by atoms with van der Waals surface area (Å²) in [5.74, 6) is 1.14. The molecule has 29 heavy (non-hydrogen) atoms. The van der Waals surface area contributed by atoms with Crippen LogP contribution in [0.5, 0.6) is 11.5 Å². The molecule has 1 amide bonds. The number of furan rings is 1. The Morgan fingerprint density at radius 1 is 0.897 bits per heavy atom. The quantitative estimate of drug-likeness (QED) is 0.424. The number of thiophene rings is 1. The molecule has 0 unspecified atom stereocenters. The van der Waals surface area contributed by atoms with Crippen molar-refractivity contribution in [2.24, 2.45) is 0 Å². The van der Waals surface area contributed by atoms with Crippen molar-refractivity contribution in [3.63, 3.8) is 0 Å². The first-order valence-electron chi connectivity index (χ1n) is 9.47. The summed E-state index contributed by atoms with van der Waals surface area (Å²) >= 11 is 1.66. The molecule has 0 atom stereocenters. The highest BCUT2D eigenvalue weighted by Crippen LogP contribution is 2.45. The number of carbonyl (C=O) groups is 1. The lowest BCUT2D eigenvalue weighted by atomic mass is 9.86. The number of rotatable bonds is 5. The molecule has 2 aromatic heterocycles. The minimum atomic E-state index is -0.400. The van der Waals surface area contributed by atoms with Crippen LogP contribution < -0.4 is 4.74 Å². The topological polar surface area (TPSA) is 42.7 Å². The highest BCUT2D eigenvalue weighted by atomic mass is 32.1. The second-order valence-corrected chi connectivity index (χ2v) is 8.05. The molecule has 3 heterocycles. The van der Waals surface area contributed by atoms with Gasteiger partial charge in [-0.1, -0.05) is 42.5 Å². The Bertz CT molecular complexity index is 1040. The number of nitrogens with zero attached hydrogens (tertiary/aromatic N) is 1. The number of hydrogen-bond donors (Lipinski definition) is 0. The minimum absolute atomic E-state index is 0.0581. The third-order valence-electron chi connectivity index (χ3n) is 5.12. The first kappa shape index (κ1) is 17.8. The normalized spacial score (nSPS) is 12.7. The summed E-state index contributed by atoms with van der Waals surface area (Å²) in [6.45, 7) is 1.05. The molecule has 0 saturated heterocycles. The maximum atomic E-state index is 13.9. The zero-order chi connectivity index (χ0) is 19.6. The summed E-state index contributed by atoms with van der Waals surface area (Å²) < 4.78 is 11.3. The van der Waals surface area contributed by atoms with E-state index in [2.05, 4.69) is 6.07 Å².